The minimum atomic E-state index is -4.67. The van der Waals surface area contributed by atoms with Crippen molar-refractivity contribution in [1.82, 2.24) is 4.98 Å². The summed E-state index contributed by atoms with van der Waals surface area (Å²) in [6, 6.07) is 17.2. The molecule has 25 heavy (non-hydrogen) atoms. The second-order valence-electron chi connectivity index (χ2n) is 5.26. The maximum absolute atomic E-state index is 13.5. The first kappa shape index (κ1) is 17.0. The Morgan fingerprint density at radius 1 is 0.920 bits per heavy atom. The van der Waals surface area contributed by atoms with Crippen LogP contribution in [0, 0.1) is 11.3 Å². The Labute approximate surface area is 147 Å². The fourth-order valence-electron chi connectivity index (χ4n) is 2.46. The number of aromatic nitrogens is 1. The molecule has 0 aliphatic heterocycles. The van der Waals surface area contributed by atoms with Gasteiger partial charge in [-0.15, -0.1) is 0 Å². The topological polar surface area (TPSA) is 36.7 Å². The van der Waals surface area contributed by atoms with E-state index in [0.29, 0.717) is 16.1 Å². The standard InChI is InChI=1S/C19H10ClF3N2/c20-14-8-6-13(7-9-14)18-15(11-24)16(19(21,22)23)10-17(25-18)12-4-2-1-3-5-12/h1-10H. The van der Waals surface area contributed by atoms with Gasteiger partial charge in [0.25, 0.3) is 0 Å². The number of benzene rings is 2. The SMILES string of the molecule is N#Cc1c(C(F)(F)F)cc(-c2ccccc2)nc1-c1ccc(Cl)cc1. The molecule has 1 heterocycles. The summed E-state index contributed by atoms with van der Waals surface area (Å²) in [6.45, 7) is 0. The Kier molecular flexibility index (Phi) is 4.47. The third kappa shape index (κ3) is 3.49. The Morgan fingerprint density at radius 3 is 2.12 bits per heavy atom. The molecule has 0 N–H and O–H groups in total. The number of nitriles is 1. The van der Waals surface area contributed by atoms with Gasteiger partial charge >= 0.3 is 6.18 Å². The van der Waals surface area contributed by atoms with E-state index >= 15 is 0 Å². The highest BCUT2D eigenvalue weighted by Gasteiger charge is 2.36. The maximum atomic E-state index is 13.5. The van der Waals surface area contributed by atoms with E-state index in [1.165, 1.54) is 0 Å². The van der Waals surface area contributed by atoms with Crippen LogP contribution < -0.4 is 0 Å². The molecule has 124 valence electrons. The lowest BCUT2D eigenvalue weighted by molar-refractivity contribution is -0.137. The second-order valence-corrected chi connectivity index (χ2v) is 5.70. The molecule has 0 fully saturated rings. The molecule has 0 bridgehead atoms. The molecule has 6 heteroatoms. The Hall–Kier alpha value is -2.84. The van der Waals surface area contributed by atoms with Gasteiger partial charge in [0.1, 0.15) is 6.07 Å². The molecule has 0 unspecified atom stereocenters. The van der Waals surface area contributed by atoms with Crippen molar-refractivity contribution >= 4 is 11.6 Å². The predicted octanol–water partition coefficient (Wildman–Crippen LogP) is 5.96. The van der Waals surface area contributed by atoms with E-state index in [1.807, 2.05) is 0 Å². The van der Waals surface area contributed by atoms with Crippen molar-refractivity contribution in [3.05, 3.63) is 76.8 Å². The number of halogens is 4. The van der Waals surface area contributed by atoms with Crippen LogP contribution in [0.25, 0.3) is 22.5 Å². The lowest BCUT2D eigenvalue weighted by Crippen LogP contribution is -2.10. The highest BCUT2D eigenvalue weighted by Crippen LogP contribution is 2.38. The first-order valence-electron chi connectivity index (χ1n) is 7.24. The third-order valence-electron chi connectivity index (χ3n) is 3.62. The summed E-state index contributed by atoms with van der Waals surface area (Å²) >= 11 is 5.84. The summed E-state index contributed by atoms with van der Waals surface area (Å²) in [7, 11) is 0. The van der Waals surface area contributed by atoms with Crippen LogP contribution in [0.1, 0.15) is 11.1 Å². The van der Waals surface area contributed by atoms with Crippen molar-refractivity contribution in [2.45, 2.75) is 6.18 Å². The van der Waals surface area contributed by atoms with Crippen LogP contribution in [0.3, 0.4) is 0 Å². The van der Waals surface area contributed by atoms with E-state index in [9.17, 15) is 18.4 Å². The number of nitrogens with zero attached hydrogens (tertiary/aromatic N) is 2. The van der Waals surface area contributed by atoms with E-state index in [2.05, 4.69) is 4.98 Å². The number of hydrogen-bond acceptors (Lipinski definition) is 2. The molecule has 0 atom stereocenters. The number of rotatable bonds is 2. The van der Waals surface area contributed by atoms with Gasteiger partial charge in [0.05, 0.1) is 22.5 Å². The second kappa shape index (κ2) is 6.58. The molecular formula is C19H10ClF3N2. The highest BCUT2D eigenvalue weighted by atomic mass is 35.5. The maximum Gasteiger partial charge on any atom is 0.417 e. The van der Waals surface area contributed by atoms with E-state index in [4.69, 9.17) is 11.6 Å². The zero-order valence-corrected chi connectivity index (χ0v) is 13.4. The van der Waals surface area contributed by atoms with Gasteiger partial charge in [0.15, 0.2) is 0 Å². The average Bonchev–Trinajstić information content (AvgIpc) is 2.61. The lowest BCUT2D eigenvalue weighted by atomic mass is 9.98. The summed E-state index contributed by atoms with van der Waals surface area (Å²) in [4.78, 5) is 4.32. The molecular weight excluding hydrogens is 349 g/mol. The van der Waals surface area contributed by atoms with Gasteiger partial charge in [-0.3, -0.25) is 0 Å². The van der Waals surface area contributed by atoms with Crippen molar-refractivity contribution in [3.63, 3.8) is 0 Å². The Bertz CT molecular complexity index is 943. The van der Waals surface area contributed by atoms with E-state index in [-0.39, 0.29) is 11.4 Å². The molecule has 0 aliphatic rings. The van der Waals surface area contributed by atoms with Crippen molar-refractivity contribution in [3.8, 4) is 28.6 Å². The molecule has 3 aromatic rings. The van der Waals surface area contributed by atoms with Gasteiger partial charge < -0.3 is 0 Å². The van der Waals surface area contributed by atoms with Crippen molar-refractivity contribution in [2.75, 3.05) is 0 Å². The number of hydrogen-bond donors (Lipinski definition) is 0. The first-order chi connectivity index (χ1) is 11.9. The average molecular weight is 359 g/mol. The van der Waals surface area contributed by atoms with Gasteiger partial charge in [-0.25, -0.2) is 4.98 Å². The monoisotopic (exact) mass is 358 g/mol. The van der Waals surface area contributed by atoms with E-state index in [0.717, 1.165) is 6.07 Å². The number of alkyl halides is 3. The van der Waals surface area contributed by atoms with Gasteiger partial charge in [-0.05, 0) is 18.2 Å². The van der Waals surface area contributed by atoms with Crippen LogP contribution in [0.2, 0.25) is 5.02 Å². The largest absolute Gasteiger partial charge is 0.417 e. The lowest BCUT2D eigenvalue weighted by Gasteiger charge is -2.14. The van der Waals surface area contributed by atoms with E-state index in [1.54, 1.807) is 60.7 Å². The van der Waals surface area contributed by atoms with Crippen LogP contribution >= 0.6 is 11.6 Å². The molecule has 0 saturated carbocycles. The minimum Gasteiger partial charge on any atom is -0.246 e. The zero-order valence-electron chi connectivity index (χ0n) is 12.7. The van der Waals surface area contributed by atoms with Crippen LogP contribution in [-0.2, 0) is 6.18 Å². The molecule has 0 saturated heterocycles. The molecule has 2 nitrogen and oxygen atoms in total. The Balaban J connectivity index is 2.32. The highest BCUT2D eigenvalue weighted by molar-refractivity contribution is 6.30. The molecule has 3 rings (SSSR count). The van der Waals surface area contributed by atoms with Gasteiger partial charge in [-0.2, -0.15) is 18.4 Å². The van der Waals surface area contributed by atoms with Crippen molar-refractivity contribution < 1.29 is 13.2 Å². The van der Waals surface area contributed by atoms with E-state index < -0.39 is 17.3 Å². The summed E-state index contributed by atoms with van der Waals surface area (Å²) in [5.74, 6) is 0. The minimum absolute atomic E-state index is 0.0205. The predicted molar refractivity (Wildman–Crippen MR) is 89.8 cm³/mol. The molecule has 2 aromatic carbocycles. The van der Waals surface area contributed by atoms with Crippen LogP contribution in [0.15, 0.2) is 60.7 Å². The van der Waals surface area contributed by atoms with Crippen molar-refractivity contribution in [1.29, 1.82) is 5.26 Å². The van der Waals surface area contributed by atoms with Gasteiger partial charge in [-0.1, -0.05) is 54.1 Å². The summed E-state index contributed by atoms with van der Waals surface area (Å²) in [5, 5.41) is 9.77. The van der Waals surface area contributed by atoms with Crippen LogP contribution in [0.4, 0.5) is 13.2 Å². The summed E-state index contributed by atoms with van der Waals surface area (Å²) in [5.41, 5.74) is -0.454. The fraction of sp³-hybridized carbons (Fsp3) is 0.0526. The Morgan fingerprint density at radius 2 is 1.56 bits per heavy atom. The van der Waals surface area contributed by atoms with Crippen LogP contribution in [-0.4, -0.2) is 4.98 Å². The quantitative estimate of drug-likeness (QED) is 0.566. The van der Waals surface area contributed by atoms with Crippen molar-refractivity contribution in [2.24, 2.45) is 0 Å². The summed E-state index contributed by atoms with van der Waals surface area (Å²) < 4.78 is 40.5. The van der Waals surface area contributed by atoms with Gasteiger partial charge in [0, 0.05) is 16.1 Å². The molecule has 1 aromatic heterocycles. The smallest absolute Gasteiger partial charge is 0.246 e. The number of pyridine rings is 1. The molecule has 0 amide bonds. The normalized spacial score (nSPS) is 11.2. The molecule has 0 aliphatic carbocycles. The van der Waals surface area contributed by atoms with Gasteiger partial charge in [0.2, 0.25) is 0 Å². The molecule has 0 radical (unpaired) electrons. The third-order valence-corrected chi connectivity index (χ3v) is 3.88. The first-order valence-corrected chi connectivity index (χ1v) is 7.61. The zero-order chi connectivity index (χ0) is 18.0. The molecule has 0 spiro atoms. The summed E-state index contributed by atoms with van der Waals surface area (Å²) in [6.07, 6.45) is -4.67. The fourth-order valence-corrected chi connectivity index (χ4v) is 2.58. The van der Waals surface area contributed by atoms with Crippen LogP contribution in [0.5, 0.6) is 0 Å².